The number of carbonyl (C=O) groups is 1. The highest BCUT2D eigenvalue weighted by atomic mass is 16.6. The van der Waals surface area contributed by atoms with Gasteiger partial charge in [0.05, 0.1) is 12.7 Å². The summed E-state index contributed by atoms with van der Waals surface area (Å²) in [5.41, 5.74) is -0.407. The van der Waals surface area contributed by atoms with Gasteiger partial charge >= 0.3 is 6.09 Å². The third kappa shape index (κ3) is 10.8. The zero-order chi connectivity index (χ0) is 14.1. The number of ether oxygens (including phenoxy) is 2. The molecule has 0 aromatic carbocycles. The van der Waals surface area contributed by atoms with Gasteiger partial charge in [-0.05, 0) is 33.6 Å². The Morgan fingerprint density at radius 1 is 1.16 bits per heavy atom. The third-order valence-corrected chi connectivity index (χ3v) is 3.02. The zero-order valence-electron chi connectivity index (χ0n) is 12.7. The maximum Gasteiger partial charge on any atom is 0.407 e. The summed E-state index contributed by atoms with van der Waals surface area (Å²) in [4.78, 5) is 11.4. The fourth-order valence-corrected chi connectivity index (χ4v) is 1.94. The molecule has 112 valence electrons. The van der Waals surface area contributed by atoms with Crippen molar-refractivity contribution in [3.63, 3.8) is 0 Å². The number of carbonyl (C=O) groups excluding carboxylic acids is 1. The topological polar surface area (TPSA) is 50.9 Å². The van der Waals surface area contributed by atoms with Gasteiger partial charge < -0.3 is 14.8 Å². The third-order valence-electron chi connectivity index (χ3n) is 3.02. The standard InChI is InChI=1S/C15H29NO3/c1-15(2,3)19-14(17)16-11-9-7-5-4-6-8-10-13-12-18-13/h13H,4-12H2,1-3H3,(H,16,17). The summed E-state index contributed by atoms with van der Waals surface area (Å²) < 4.78 is 10.3. The smallest absolute Gasteiger partial charge is 0.407 e. The van der Waals surface area contributed by atoms with Crippen LogP contribution in [-0.4, -0.2) is 30.9 Å². The van der Waals surface area contributed by atoms with E-state index in [0.717, 1.165) is 13.0 Å². The van der Waals surface area contributed by atoms with E-state index in [4.69, 9.17) is 9.47 Å². The first kappa shape index (κ1) is 16.3. The largest absolute Gasteiger partial charge is 0.444 e. The predicted octanol–water partition coefficient (Wildman–Crippen LogP) is 3.64. The lowest BCUT2D eigenvalue weighted by atomic mass is 10.1. The van der Waals surface area contributed by atoms with E-state index in [1.54, 1.807) is 0 Å². The Hall–Kier alpha value is -0.770. The lowest BCUT2D eigenvalue weighted by Gasteiger charge is -2.19. The Bertz CT molecular complexity index is 257. The molecular formula is C15H29NO3. The number of amides is 1. The summed E-state index contributed by atoms with van der Waals surface area (Å²) in [5, 5.41) is 2.79. The van der Waals surface area contributed by atoms with E-state index >= 15 is 0 Å². The van der Waals surface area contributed by atoms with Crippen molar-refractivity contribution in [2.75, 3.05) is 13.2 Å². The Morgan fingerprint density at radius 3 is 2.32 bits per heavy atom. The molecule has 1 N–H and O–H groups in total. The second-order valence-electron chi connectivity index (χ2n) is 6.29. The van der Waals surface area contributed by atoms with Gasteiger partial charge in [0.2, 0.25) is 0 Å². The van der Waals surface area contributed by atoms with Gasteiger partial charge in [0.1, 0.15) is 5.60 Å². The summed E-state index contributed by atoms with van der Waals surface area (Å²) in [7, 11) is 0. The molecule has 1 atom stereocenters. The summed E-state index contributed by atoms with van der Waals surface area (Å²) >= 11 is 0. The molecule has 1 heterocycles. The van der Waals surface area contributed by atoms with Gasteiger partial charge in [-0.2, -0.15) is 0 Å². The zero-order valence-corrected chi connectivity index (χ0v) is 12.7. The molecule has 1 unspecified atom stereocenters. The first-order valence-corrected chi connectivity index (χ1v) is 7.56. The van der Waals surface area contributed by atoms with Crippen molar-refractivity contribution in [3.8, 4) is 0 Å². The maximum absolute atomic E-state index is 11.4. The average molecular weight is 271 g/mol. The number of nitrogens with one attached hydrogen (secondary N) is 1. The van der Waals surface area contributed by atoms with Crippen LogP contribution in [0.3, 0.4) is 0 Å². The van der Waals surface area contributed by atoms with Gasteiger partial charge in [0.25, 0.3) is 0 Å². The van der Waals surface area contributed by atoms with Crippen molar-refractivity contribution >= 4 is 6.09 Å². The molecular weight excluding hydrogens is 242 g/mol. The molecule has 1 amide bonds. The van der Waals surface area contributed by atoms with Gasteiger partial charge in [-0.3, -0.25) is 0 Å². The molecule has 1 aliphatic heterocycles. The summed E-state index contributed by atoms with van der Waals surface area (Å²) in [6.45, 7) is 7.32. The molecule has 1 saturated heterocycles. The molecule has 1 fully saturated rings. The minimum atomic E-state index is -0.407. The Labute approximate surface area is 117 Å². The van der Waals surface area contributed by atoms with Gasteiger partial charge in [0, 0.05) is 6.54 Å². The van der Waals surface area contributed by atoms with Crippen LogP contribution < -0.4 is 5.32 Å². The van der Waals surface area contributed by atoms with Gasteiger partial charge in [-0.15, -0.1) is 0 Å². The van der Waals surface area contributed by atoms with Crippen LogP contribution >= 0.6 is 0 Å². The highest BCUT2D eigenvalue weighted by Gasteiger charge is 2.20. The van der Waals surface area contributed by atoms with Gasteiger partial charge in [-0.1, -0.05) is 32.1 Å². The van der Waals surface area contributed by atoms with Crippen LogP contribution in [0.5, 0.6) is 0 Å². The number of unbranched alkanes of at least 4 members (excludes halogenated alkanes) is 5. The highest BCUT2D eigenvalue weighted by Crippen LogP contribution is 2.17. The van der Waals surface area contributed by atoms with E-state index in [2.05, 4.69) is 5.32 Å². The number of rotatable bonds is 9. The predicted molar refractivity (Wildman–Crippen MR) is 76.3 cm³/mol. The summed E-state index contributed by atoms with van der Waals surface area (Å²) in [6, 6.07) is 0. The van der Waals surface area contributed by atoms with Crippen LogP contribution in [0.4, 0.5) is 4.79 Å². The first-order chi connectivity index (χ1) is 8.97. The summed E-state index contributed by atoms with van der Waals surface area (Å²) in [5.74, 6) is 0. The van der Waals surface area contributed by atoms with E-state index in [-0.39, 0.29) is 6.09 Å². The molecule has 1 rings (SSSR count). The minimum absolute atomic E-state index is 0.308. The monoisotopic (exact) mass is 271 g/mol. The van der Waals surface area contributed by atoms with Crippen LogP contribution in [-0.2, 0) is 9.47 Å². The quantitative estimate of drug-likeness (QED) is 0.514. The molecule has 4 nitrogen and oxygen atoms in total. The molecule has 0 spiro atoms. The van der Waals surface area contributed by atoms with E-state index in [1.807, 2.05) is 20.8 Å². The van der Waals surface area contributed by atoms with Crippen molar-refractivity contribution < 1.29 is 14.3 Å². The molecule has 0 saturated carbocycles. The van der Waals surface area contributed by atoms with Crippen molar-refractivity contribution in [3.05, 3.63) is 0 Å². The van der Waals surface area contributed by atoms with Crippen molar-refractivity contribution in [2.45, 2.75) is 77.4 Å². The summed E-state index contributed by atoms with van der Waals surface area (Å²) in [6.07, 6.45) is 8.86. The lowest BCUT2D eigenvalue weighted by molar-refractivity contribution is 0.0527. The van der Waals surface area contributed by atoms with E-state index in [0.29, 0.717) is 12.6 Å². The second-order valence-corrected chi connectivity index (χ2v) is 6.29. The van der Waals surface area contributed by atoms with E-state index < -0.39 is 5.60 Å². The molecule has 1 aliphatic rings. The van der Waals surface area contributed by atoms with E-state index in [1.165, 1.54) is 38.5 Å². The van der Waals surface area contributed by atoms with Crippen molar-refractivity contribution in [2.24, 2.45) is 0 Å². The molecule has 0 bridgehead atoms. The number of alkyl carbamates (subject to hydrolysis) is 1. The molecule has 19 heavy (non-hydrogen) atoms. The molecule has 4 heteroatoms. The van der Waals surface area contributed by atoms with Crippen molar-refractivity contribution in [1.29, 1.82) is 0 Å². The van der Waals surface area contributed by atoms with Crippen LogP contribution in [0.15, 0.2) is 0 Å². The second kappa shape index (κ2) is 8.41. The number of epoxide rings is 1. The molecule has 0 radical (unpaired) electrons. The van der Waals surface area contributed by atoms with Crippen LogP contribution in [0.2, 0.25) is 0 Å². The van der Waals surface area contributed by atoms with Crippen LogP contribution in [0.25, 0.3) is 0 Å². The normalized spacial score (nSPS) is 18.2. The fourth-order valence-electron chi connectivity index (χ4n) is 1.94. The van der Waals surface area contributed by atoms with Crippen molar-refractivity contribution in [1.82, 2.24) is 5.32 Å². The number of hydrogen-bond acceptors (Lipinski definition) is 3. The Morgan fingerprint density at radius 2 is 1.74 bits per heavy atom. The Balaban J connectivity index is 1.78. The Kier molecular flexibility index (Phi) is 7.21. The maximum atomic E-state index is 11.4. The minimum Gasteiger partial charge on any atom is -0.444 e. The molecule has 0 aromatic heterocycles. The molecule has 0 aromatic rings. The lowest BCUT2D eigenvalue weighted by Crippen LogP contribution is -2.32. The van der Waals surface area contributed by atoms with Crippen LogP contribution in [0, 0.1) is 0 Å². The van der Waals surface area contributed by atoms with Crippen LogP contribution in [0.1, 0.15) is 65.7 Å². The van der Waals surface area contributed by atoms with Gasteiger partial charge in [-0.25, -0.2) is 4.79 Å². The first-order valence-electron chi connectivity index (χ1n) is 7.56. The SMILES string of the molecule is CC(C)(C)OC(=O)NCCCCCCCCC1CO1. The number of hydrogen-bond donors (Lipinski definition) is 1. The average Bonchev–Trinajstić information content (AvgIpc) is 3.08. The van der Waals surface area contributed by atoms with Gasteiger partial charge in [0.15, 0.2) is 0 Å². The highest BCUT2D eigenvalue weighted by molar-refractivity contribution is 5.67. The molecule has 0 aliphatic carbocycles. The fraction of sp³-hybridized carbons (Fsp3) is 0.933. The van der Waals surface area contributed by atoms with E-state index in [9.17, 15) is 4.79 Å².